The van der Waals surface area contributed by atoms with Crippen LogP contribution in [0.15, 0.2) is 12.4 Å². The SMILES string of the molecule is CCc1nccn1CCCNCc1nc(C)c(C)n1C. The molecular formula is C15H25N5. The van der Waals surface area contributed by atoms with Crippen LogP contribution in [0.5, 0.6) is 0 Å². The third-order valence-electron chi connectivity index (χ3n) is 3.86. The van der Waals surface area contributed by atoms with Crippen molar-refractivity contribution >= 4 is 0 Å². The number of aromatic nitrogens is 4. The number of hydrogen-bond donors (Lipinski definition) is 1. The smallest absolute Gasteiger partial charge is 0.122 e. The monoisotopic (exact) mass is 275 g/mol. The molecule has 0 radical (unpaired) electrons. The van der Waals surface area contributed by atoms with E-state index in [1.807, 2.05) is 6.20 Å². The van der Waals surface area contributed by atoms with Crippen LogP contribution in [-0.4, -0.2) is 25.6 Å². The Kier molecular flexibility index (Phi) is 4.95. The van der Waals surface area contributed by atoms with Gasteiger partial charge >= 0.3 is 0 Å². The van der Waals surface area contributed by atoms with Crippen molar-refractivity contribution in [2.75, 3.05) is 6.54 Å². The Morgan fingerprint density at radius 1 is 1.25 bits per heavy atom. The lowest BCUT2D eigenvalue weighted by molar-refractivity contribution is 0.554. The van der Waals surface area contributed by atoms with Crippen LogP contribution in [-0.2, 0) is 26.6 Å². The first kappa shape index (κ1) is 14.8. The first-order chi connectivity index (χ1) is 9.63. The number of nitrogens with one attached hydrogen (secondary N) is 1. The van der Waals surface area contributed by atoms with Gasteiger partial charge in [-0.1, -0.05) is 6.92 Å². The zero-order valence-corrected chi connectivity index (χ0v) is 13.0. The highest BCUT2D eigenvalue weighted by Crippen LogP contribution is 2.07. The van der Waals surface area contributed by atoms with Gasteiger partial charge in [0.25, 0.3) is 0 Å². The molecule has 2 rings (SSSR count). The molecule has 5 heteroatoms. The van der Waals surface area contributed by atoms with E-state index in [1.165, 1.54) is 11.5 Å². The largest absolute Gasteiger partial charge is 0.335 e. The average Bonchev–Trinajstić information content (AvgIpc) is 2.99. The molecule has 0 aliphatic heterocycles. The summed E-state index contributed by atoms with van der Waals surface area (Å²) in [4.78, 5) is 8.90. The number of imidazole rings is 2. The summed E-state index contributed by atoms with van der Waals surface area (Å²) in [6, 6.07) is 0. The van der Waals surface area contributed by atoms with Crippen molar-refractivity contribution < 1.29 is 0 Å². The summed E-state index contributed by atoms with van der Waals surface area (Å²) in [5.41, 5.74) is 2.36. The molecule has 0 aliphatic carbocycles. The van der Waals surface area contributed by atoms with E-state index in [9.17, 15) is 0 Å². The van der Waals surface area contributed by atoms with E-state index in [0.717, 1.165) is 44.0 Å². The highest BCUT2D eigenvalue weighted by atomic mass is 15.1. The van der Waals surface area contributed by atoms with Gasteiger partial charge in [-0.2, -0.15) is 0 Å². The van der Waals surface area contributed by atoms with Crippen LogP contribution in [0.25, 0.3) is 0 Å². The van der Waals surface area contributed by atoms with Crippen LogP contribution in [0.2, 0.25) is 0 Å². The van der Waals surface area contributed by atoms with Crippen molar-refractivity contribution in [1.82, 2.24) is 24.4 Å². The molecule has 0 aliphatic rings. The van der Waals surface area contributed by atoms with E-state index in [1.54, 1.807) is 0 Å². The molecule has 0 fully saturated rings. The van der Waals surface area contributed by atoms with Crippen LogP contribution in [0.3, 0.4) is 0 Å². The van der Waals surface area contributed by atoms with Gasteiger partial charge in [0.2, 0.25) is 0 Å². The number of aryl methyl sites for hydroxylation is 3. The van der Waals surface area contributed by atoms with Gasteiger partial charge in [-0.25, -0.2) is 9.97 Å². The highest BCUT2D eigenvalue weighted by molar-refractivity contribution is 5.13. The molecule has 1 N–H and O–H groups in total. The highest BCUT2D eigenvalue weighted by Gasteiger charge is 2.06. The average molecular weight is 275 g/mol. The summed E-state index contributed by atoms with van der Waals surface area (Å²) < 4.78 is 4.39. The Morgan fingerprint density at radius 3 is 2.70 bits per heavy atom. The summed E-state index contributed by atoms with van der Waals surface area (Å²) in [5.74, 6) is 2.28. The van der Waals surface area contributed by atoms with Gasteiger partial charge in [-0.15, -0.1) is 0 Å². The summed E-state index contributed by atoms with van der Waals surface area (Å²) in [7, 11) is 2.07. The van der Waals surface area contributed by atoms with Crippen LogP contribution in [0.4, 0.5) is 0 Å². The maximum Gasteiger partial charge on any atom is 0.122 e. The zero-order chi connectivity index (χ0) is 14.5. The van der Waals surface area contributed by atoms with E-state index in [-0.39, 0.29) is 0 Å². The van der Waals surface area contributed by atoms with Crippen molar-refractivity contribution in [3.63, 3.8) is 0 Å². The molecule has 0 saturated heterocycles. The third kappa shape index (κ3) is 3.28. The molecule has 0 aromatic carbocycles. The summed E-state index contributed by atoms with van der Waals surface area (Å²) in [6.07, 6.45) is 6.04. The van der Waals surface area contributed by atoms with E-state index in [2.05, 4.69) is 58.4 Å². The van der Waals surface area contributed by atoms with E-state index in [4.69, 9.17) is 0 Å². The van der Waals surface area contributed by atoms with Crippen molar-refractivity contribution in [3.05, 3.63) is 35.4 Å². The Balaban J connectivity index is 1.73. The number of nitrogens with zero attached hydrogens (tertiary/aromatic N) is 4. The van der Waals surface area contributed by atoms with Gasteiger partial charge in [0, 0.05) is 38.1 Å². The van der Waals surface area contributed by atoms with Gasteiger partial charge < -0.3 is 14.5 Å². The standard InChI is InChI=1S/C15H25N5/c1-5-14-17-8-10-20(14)9-6-7-16-11-15-18-12(2)13(3)19(15)4/h8,10,16H,5-7,9,11H2,1-4H3. The summed E-state index contributed by atoms with van der Waals surface area (Å²) in [5, 5.41) is 3.47. The lowest BCUT2D eigenvalue weighted by Crippen LogP contribution is -2.19. The molecule has 5 nitrogen and oxygen atoms in total. The molecule has 2 heterocycles. The molecule has 0 spiro atoms. The quantitative estimate of drug-likeness (QED) is 0.786. The first-order valence-corrected chi connectivity index (χ1v) is 7.33. The lowest BCUT2D eigenvalue weighted by atomic mass is 10.4. The van der Waals surface area contributed by atoms with E-state index >= 15 is 0 Å². The topological polar surface area (TPSA) is 47.7 Å². The lowest BCUT2D eigenvalue weighted by Gasteiger charge is -2.08. The fourth-order valence-electron chi connectivity index (χ4n) is 2.38. The van der Waals surface area contributed by atoms with Gasteiger partial charge in [0.15, 0.2) is 0 Å². The molecular weight excluding hydrogens is 250 g/mol. The Bertz CT molecular complexity index is 553. The molecule has 20 heavy (non-hydrogen) atoms. The second-order valence-electron chi connectivity index (χ2n) is 5.18. The fourth-order valence-corrected chi connectivity index (χ4v) is 2.38. The normalized spacial score (nSPS) is 11.2. The summed E-state index contributed by atoms with van der Waals surface area (Å²) >= 11 is 0. The second kappa shape index (κ2) is 6.70. The second-order valence-corrected chi connectivity index (χ2v) is 5.18. The fraction of sp³-hybridized carbons (Fsp3) is 0.600. The predicted octanol–water partition coefficient (Wildman–Crippen LogP) is 1.98. The van der Waals surface area contributed by atoms with Gasteiger partial charge in [-0.05, 0) is 26.8 Å². The molecule has 110 valence electrons. The van der Waals surface area contributed by atoms with Crippen LogP contribution in [0.1, 0.15) is 36.4 Å². The molecule has 0 atom stereocenters. The first-order valence-electron chi connectivity index (χ1n) is 7.33. The minimum absolute atomic E-state index is 0.829. The maximum atomic E-state index is 4.57. The molecule has 0 amide bonds. The minimum atomic E-state index is 0.829. The van der Waals surface area contributed by atoms with Crippen molar-refractivity contribution in [3.8, 4) is 0 Å². The molecule has 0 bridgehead atoms. The van der Waals surface area contributed by atoms with E-state index < -0.39 is 0 Å². The maximum absolute atomic E-state index is 4.57. The summed E-state index contributed by atoms with van der Waals surface area (Å²) in [6.45, 7) is 9.15. The number of hydrogen-bond acceptors (Lipinski definition) is 3. The molecule has 2 aromatic heterocycles. The predicted molar refractivity (Wildman–Crippen MR) is 80.6 cm³/mol. The van der Waals surface area contributed by atoms with E-state index in [0.29, 0.717) is 0 Å². The van der Waals surface area contributed by atoms with Gasteiger partial charge in [-0.3, -0.25) is 0 Å². The number of rotatable bonds is 7. The van der Waals surface area contributed by atoms with Gasteiger partial charge in [0.05, 0.1) is 12.2 Å². The van der Waals surface area contributed by atoms with Crippen LogP contribution >= 0.6 is 0 Å². The van der Waals surface area contributed by atoms with Crippen LogP contribution < -0.4 is 5.32 Å². The molecule has 0 saturated carbocycles. The molecule has 2 aromatic rings. The van der Waals surface area contributed by atoms with Crippen molar-refractivity contribution in [1.29, 1.82) is 0 Å². The Hall–Kier alpha value is -1.62. The van der Waals surface area contributed by atoms with Crippen molar-refractivity contribution in [2.45, 2.75) is 46.7 Å². The minimum Gasteiger partial charge on any atom is -0.335 e. The zero-order valence-electron chi connectivity index (χ0n) is 13.0. The molecule has 0 unspecified atom stereocenters. The Labute approximate surface area is 121 Å². The van der Waals surface area contributed by atoms with Gasteiger partial charge in [0.1, 0.15) is 11.6 Å². The third-order valence-corrected chi connectivity index (χ3v) is 3.86. The van der Waals surface area contributed by atoms with Crippen molar-refractivity contribution in [2.24, 2.45) is 7.05 Å². The van der Waals surface area contributed by atoms with Crippen LogP contribution in [0, 0.1) is 13.8 Å². The Morgan fingerprint density at radius 2 is 2.05 bits per heavy atom.